The predicted molar refractivity (Wildman–Crippen MR) is 153 cm³/mol. The molecule has 0 radical (unpaired) electrons. The summed E-state index contributed by atoms with van der Waals surface area (Å²) < 4.78 is 0. The van der Waals surface area contributed by atoms with Crippen LogP contribution in [-0.2, 0) is 26.5 Å². The van der Waals surface area contributed by atoms with Crippen LogP contribution in [-0.4, -0.2) is 16.0 Å². The number of phenolic OH excluding ortho intramolecular Hbond substituents is 2. The third kappa shape index (κ3) is 6.15. The molecule has 2 aromatic carbocycles. The number of hydrogen-bond acceptors (Lipinski definition) is 3. The van der Waals surface area contributed by atoms with E-state index in [2.05, 4.69) is 95.2 Å². The van der Waals surface area contributed by atoms with E-state index in [0.29, 0.717) is 11.1 Å². The lowest BCUT2D eigenvalue weighted by Crippen LogP contribution is -2.23. The minimum atomic E-state index is -0.529. The number of benzene rings is 2. The number of ketones is 1. The summed E-state index contributed by atoms with van der Waals surface area (Å²) in [6.07, 6.45) is 0. The van der Waals surface area contributed by atoms with Gasteiger partial charge in [0.05, 0.1) is 0 Å². The maximum absolute atomic E-state index is 14.0. The van der Waals surface area contributed by atoms with Crippen LogP contribution >= 0.6 is 0 Å². The van der Waals surface area contributed by atoms with Crippen molar-refractivity contribution in [1.82, 2.24) is 0 Å². The molecule has 2 unspecified atom stereocenters. The molecule has 3 nitrogen and oxygen atoms in total. The van der Waals surface area contributed by atoms with Crippen molar-refractivity contribution in [2.75, 3.05) is 0 Å². The van der Waals surface area contributed by atoms with Gasteiger partial charge in [-0.1, -0.05) is 121 Å². The Bertz CT molecular complexity index is 1040. The lowest BCUT2D eigenvalue weighted by atomic mass is 9.74. The number of rotatable bonds is 4. The molecular weight excluding hydrogens is 444 g/mol. The highest BCUT2D eigenvalue weighted by atomic mass is 16.3. The van der Waals surface area contributed by atoms with E-state index >= 15 is 0 Å². The highest BCUT2D eigenvalue weighted by molar-refractivity contribution is 5.92. The van der Waals surface area contributed by atoms with Crippen molar-refractivity contribution in [1.29, 1.82) is 0 Å². The summed E-state index contributed by atoms with van der Waals surface area (Å²) in [5.74, 6) is -0.672. The van der Waals surface area contributed by atoms with Crippen molar-refractivity contribution in [3.8, 4) is 11.5 Å². The first kappa shape index (κ1) is 29.9. The van der Waals surface area contributed by atoms with E-state index in [9.17, 15) is 15.0 Å². The molecule has 2 aromatic rings. The summed E-state index contributed by atoms with van der Waals surface area (Å²) in [7, 11) is 0. The van der Waals surface area contributed by atoms with Crippen LogP contribution in [0.15, 0.2) is 24.3 Å². The van der Waals surface area contributed by atoms with E-state index in [4.69, 9.17) is 0 Å². The van der Waals surface area contributed by atoms with Gasteiger partial charge < -0.3 is 10.2 Å². The Morgan fingerprint density at radius 3 is 1.06 bits per heavy atom. The standard InChI is InChI=1S/C33H50O3/c1-19(23-15-21(30(3,4)5)17-25(28(23)35)32(9,10)11)27(34)20(2)24-16-22(31(6,7)8)18-26(29(24)36)33(12,13)14/h15-20,35-36H,1-14H3. The van der Waals surface area contributed by atoms with Crippen molar-refractivity contribution in [3.63, 3.8) is 0 Å². The third-order valence-electron chi connectivity index (χ3n) is 7.41. The first-order valence-corrected chi connectivity index (χ1v) is 13.3. The van der Waals surface area contributed by atoms with Crippen LogP contribution in [0.4, 0.5) is 0 Å². The van der Waals surface area contributed by atoms with E-state index < -0.39 is 11.8 Å². The van der Waals surface area contributed by atoms with Crippen molar-refractivity contribution in [3.05, 3.63) is 57.6 Å². The van der Waals surface area contributed by atoms with E-state index in [-0.39, 0.29) is 38.9 Å². The van der Waals surface area contributed by atoms with Crippen LogP contribution in [0, 0.1) is 0 Å². The average Bonchev–Trinajstić information content (AvgIpc) is 2.69. The van der Waals surface area contributed by atoms with Gasteiger partial charge in [0.15, 0.2) is 0 Å². The Morgan fingerprint density at radius 1 is 0.556 bits per heavy atom. The van der Waals surface area contributed by atoms with Gasteiger partial charge in [-0.2, -0.15) is 0 Å². The van der Waals surface area contributed by atoms with E-state index in [1.54, 1.807) is 0 Å². The quantitative estimate of drug-likeness (QED) is 0.446. The molecule has 2 atom stereocenters. The van der Waals surface area contributed by atoms with Crippen molar-refractivity contribution in [2.45, 2.75) is 130 Å². The molecule has 0 spiro atoms. The maximum atomic E-state index is 14.0. The topological polar surface area (TPSA) is 57.5 Å². The molecule has 0 fully saturated rings. The molecular formula is C33H50O3. The fourth-order valence-electron chi connectivity index (χ4n) is 4.66. The van der Waals surface area contributed by atoms with Crippen molar-refractivity contribution >= 4 is 5.78 Å². The van der Waals surface area contributed by atoms with Gasteiger partial charge in [0.25, 0.3) is 0 Å². The molecule has 36 heavy (non-hydrogen) atoms. The maximum Gasteiger partial charge on any atom is 0.147 e. The van der Waals surface area contributed by atoms with Gasteiger partial charge >= 0.3 is 0 Å². The van der Waals surface area contributed by atoms with Crippen LogP contribution in [0.2, 0.25) is 0 Å². The number of carbonyl (C=O) groups is 1. The van der Waals surface area contributed by atoms with E-state index in [0.717, 1.165) is 22.3 Å². The van der Waals surface area contributed by atoms with Crippen LogP contribution in [0.1, 0.15) is 142 Å². The van der Waals surface area contributed by atoms with Crippen LogP contribution in [0.25, 0.3) is 0 Å². The highest BCUT2D eigenvalue weighted by Crippen LogP contribution is 2.44. The Labute approximate surface area is 220 Å². The lowest BCUT2D eigenvalue weighted by molar-refractivity contribution is -0.121. The monoisotopic (exact) mass is 494 g/mol. The van der Waals surface area contributed by atoms with Gasteiger partial charge in [-0.3, -0.25) is 4.79 Å². The summed E-state index contributed by atoms with van der Waals surface area (Å²) in [6.45, 7) is 29.1. The minimum Gasteiger partial charge on any atom is -0.507 e. The molecule has 2 rings (SSSR count). The third-order valence-corrected chi connectivity index (χ3v) is 7.41. The molecule has 0 heterocycles. The zero-order chi connectivity index (χ0) is 28.2. The van der Waals surface area contributed by atoms with Gasteiger partial charge in [0.2, 0.25) is 0 Å². The number of carbonyl (C=O) groups excluding carboxylic acids is 1. The zero-order valence-corrected chi connectivity index (χ0v) is 25.3. The minimum absolute atomic E-state index is 0.0163. The molecule has 200 valence electrons. The van der Waals surface area contributed by atoms with Crippen LogP contribution < -0.4 is 0 Å². The second kappa shape index (κ2) is 9.54. The summed E-state index contributed by atoms with van der Waals surface area (Å²) >= 11 is 0. The molecule has 2 N–H and O–H groups in total. The fourth-order valence-corrected chi connectivity index (χ4v) is 4.66. The summed E-state index contributed by atoms with van der Waals surface area (Å²) in [5.41, 5.74) is 4.42. The van der Waals surface area contributed by atoms with E-state index in [1.807, 2.05) is 26.0 Å². The predicted octanol–water partition coefficient (Wildman–Crippen LogP) is 8.76. The SMILES string of the molecule is CC(C(=O)C(C)c1cc(C(C)(C)C)cc(C(C)(C)C)c1O)c1cc(C(C)(C)C)cc(C(C)(C)C)c1O. The van der Waals surface area contributed by atoms with Crippen LogP contribution in [0.5, 0.6) is 11.5 Å². The summed E-state index contributed by atoms with van der Waals surface area (Å²) in [4.78, 5) is 14.0. The number of phenols is 2. The summed E-state index contributed by atoms with van der Waals surface area (Å²) in [5, 5.41) is 22.7. The van der Waals surface area contributed by atoms with Gasteiger partial charge in [0, 0.05) is 23.0 Å². The second-order valence-corrected chi connectivity index (χ2v) is 14.8. The van der Waals surface area contributed by atoms with Crippen LogP contribution in [0.3, 0.4) is 0 Å². The fraction of sp³-hybridized carbons (Fsp3) is 0.606. The highest BCUT2D eigenvalue weighted by Gasteiger charge is 2.33. The Hall–Kier alpha value is -2.29. The van der Waals surface area contributed by atoms with Gasteiger partial charge in [-0.15, -0.1) is 0 Å². The Morgan fingerprint density at radius 2 is 0.833 bits per heavy atom. The van der Waals surface area contributed by atoms with Gasteiger partial charge in [-0.05, 0) is 43.9 Å². The number of hydrogen-bond donors (Lipinski definition) is 2. The molecule has 0 saturated carbocycles. The van der Waals surface area contributed by atoms with E-state index in [1.165, 1.54) is 0 Å². The Kier molecular flexibility index (Phi) is 7.94. The molecule has 0 bridgehead atoms. The molecule has 0 amide bonds. The Balaban J connectivity index is 2.71. The molecule has 0 aliphatic rings. The van der Waals surface area contributed by atoms with Gasteiger partial charge in [-0.25, -0.2) is 0 Å². The smallest absolute Gasteiger partial charge is 0.147 e. The summed E-state index contributed by atoms with van der Waals surface area (Å²) in [6, 6.07) is 8.14. The molecule has 3 heteroatoms. The first-order chi connectivity index (χ1) is 16.0. The first-order valence-electron chi connectivity index (χ1n) is 13.3. The van der Waals surface area contributed by atoms with Gasteiger partial charge in [0.1, 0.15) is 17.3 Å². The molecule has 0 aromatic heterocycles. The van der Waals surface area contributed by atoms with Crippen molar-refractivity contribution in [2.24, 2.45) is 0 Å². The zero-order valence-electron chi connectivity index (χ0n) is 25.3. The molecule has 0 aliphatic heterocycles. The number of Topliss-reactive ketones (excluding diaryl/α,β-unsaturated/α-hetero) is 1. The number of aromatic hydroxyl groups is 2. The normalized spacial score (nSPS) is 15.1. The molecule has 0 saturated heterocycles. The average molecular weight is 495 g/mol. The lowest BCUT2D eigenvalue weighted by Gasteiger charge is -2.30. The molecule has 0 aliphatic carbocycles. The van der Waals surface area contributed by atoms with Crippen molar-refractivity contribution < 1.29 is 15.0 Å². The second-order valence-electron chi connectivity index (χ2n) is 14.8. The largest absolute Gasteiger partial charge is 0.507 e.